The first-order valence-electron chi connectivity index (χ1n) is 7.99. The van der Waals surface area contributed by atoms with Crippen LogP contribution in [0.15, 0.2) is 64.0 Å². The van der Waals surface area contributed by atoms with Crippen LogP contribution in [0.5, 0.6) is 0 Å². The number of anilines is 1. The Labute approximate surface area is 154 Å². The van der Waals surface area contributed by atoms with E-state index in [9.17, 15) is 21.6 Å². The summed E-state index contributed by atoms with van der Waals surface area (Å²) in [7, 11) is -4.05. The Hall–Kier alpha value is -2.68. The number of benzene rings is 2. The predicted molar refractivity (Wildman–Crippen MR) is 98.8 cm³/mol. The van der Waals surface area contributed by atoms with Gasteiger partial charge < -0.3 is 4.90 Å². The van der Waals surface area contributed by atoms with Crippen LogP contribution >= 0.6 is 0 Å². The zero-order valence-electron chi connectivity index (χ0n) is 14.5. The Morgan fingerprint density at radius 1 is 1.04 bits per heavy atom. The van der Waals surface area contributed by atoms with Gasteiger partial charge in [-0.25, -0.2) is 4.99 Å². The molecule has 27 heavy (non-hydrogen) atoms. The van der Waals surface area contributed by atoms with E-state index in [1.165, 1.54) is 0 Å². The molecule has 0 saturated heterocycles. The molecule has 0 N–H and O–H groups in total. The number of likely N-dealkylation sites (N-methyl/N-ethyl adjacent to an activating group) is 1. The summed E-state index contributed by atoms with van der Waals surface area (Å²) >= 11 is 0. The molecule has 0 bridgehead atoms. The van der Waals surface area contributed by atoms with Gasteiger partial charge in [-0.05, 0) is 13.0 Å². The zero-order chi connectivity index (χ0) is 19.8. The lowest BCUT2D eigenvalue weighted by molar-refractivity contribution is -0.0435. The average Bonchev–Trinajstić information content (AvgIpc) is 2.72. The molecule has 1 heterocycles. The Morgan fingerprint density at radius 2 is 1.63 bits per heavy atom. The maximum atomic E-state index is 12.8. The molecule has 0 spiro atoms. The second kappa shape index (κ2) is 6.80. The highest BCUT2D eigenvalue weighted by atomic mass is 32.2. The van der Waals surface area contributed by atoms with Crippen LogP contribution in [0.3, 0.4) is 0 Å². The summed E-state index contributed by atoms with van der Waals surface area (Å²) < 4.78 is 64.7. The van der Waals surface area contributed by atoms with E-state index in [1.54, 1.807) is 73.5 Å². The highest BCUT2D eigenvalue weighted by molar-refractivity contribution is 7.91. The molecule has 1 aliphatic heterocycles. The lowest BCUT2D eigenvalue weighted by atomic mass is 10.0. The summed E-state index contributed by atoms with van der Waals surface area (Å²) in [6.07, 6.45) is 0. The van der Waals surface area contributed by atoms with Crippen molar-refractivity contribution in [2.24, 2.45) is 9.39 Å². The third-order valence-electron chi connectivity index (χ3n) is 4.27. The molecule has 1 aliphatic rings. The number of hydrogen-bond donors (Lipinski definition) is 0. The highest BCUT2D eigenvalue weighted by Crippen LogP contribution is 2.30. The lowest BCUT2D eigenvalue weighted by Gasteiger charge is -2.25. The number of fused-ring (bicyclic) bond motifs is 1. The number of sulfonamides is 1. The van der Waals surface area contributed by atoms with Crippen LogP contribution in [0, 0.1) is 0 Å². The summed E-state index contributed by atoms with van der Waals surface area (Å²) in [5, 5.41) is 0. The van der Waals surface area contributed by atoms with E-state index in [0.717, 1.165) is 0 Å². The van der Waals surface area contributed by atoms with E-state index in [-0.39, 0.29) is 0 Å². The fraction of sp³-hybridized carbons (Fsp3) is 0.222. The second-order valence-corrected chi connectivity index (χ2v) is 7.60. The lowest BCUT2D eigenvalue weighted by Crippen LogP contribution is -2.36. The van der Waals surface area contributed by atoms with E-state index in [4.69, 9.17) is 0 Å². The van der Waals surface area contributed by atoms with Gasteiger partial charge in [0.25, 0.3) is 0 Å². The summed E-state index contributed by atoms with van der Waals surface area (Å²) in [5.74, 6) is -0.426. The maximum Gasteiger partial charge on any atom is 0.518 e. The number of rotatable bonds is 2. The Balaban J connectivity index is 2.29. The summed E-state index contributed by atoms with van der Waals surface area (Å²) in [6, 6.07) is 15.2. The molecule has 142 valence electrons. The number of aliphatic imine (C=N–C) groups is 1. The Kier molecular flexibility index (Phi) is 4.81. The Bertz CT molecular complexity index is 1020. The molecule has 5 nitrogen and oxygen atoms in total. The van der Waals surface area contributed by atoms with E-state index < -0.39 is 27.4 Å². The minimum Gasteiger partial charge on any atom is -0.364 e. The van der Waals surface area contributed by atoms with Gasteiger partial charge in [-0.15, -0.1) is 4.40 Å². The van der Waals surface area contributed by atoms with Gasteiger partial charge in [0.05, 0.1) is 11.8 Å². The first kappa shape index (κ1) is 19.1. The van der Waals surface area contributed by atoms with Crippen molar-refractivity contribution in [3.63, 3.8) is 0 Å². The number of nitrogens with zero attached hydrogens (tertiary/aromatic N) is 3. The van der Waals surface area contributed by atoms with Crippen molar-refractivity contribution in [3.8, 4) is 0 Å². The van der Waals surface area contributed by atoms with Crippen LogP contribution < -0.4 is 4.90 Å². The van der Waals surface area contributed by atoms with Crippen LogP contribution in [0.1, 0.15) is 18.1 Å². The number of hydrogen-bond acceptors (Lipinski definition) is 3. The summed E-state index contributed by atoms with van der Waals surface area (Å²) in [4.78, 5) is 5.92. The highest BCUT2D eigenvalue weighted by Gasteiger charge is 2.47. The molecule has 1 atom stereocenters. The number of benzodiazepines with no additional fused rings is 1. The number of para-hydroxylation sites is 1. The van der Waals surface area contributed by atoms with E-state index in [2.05, 4.69) is 9.39 Å². The molecule has 9 heteroatoms. The van der Waals surface area contributed by atoms with Crippen molar-refractivity contribution in [2.45, 2.75) is 18.5 Å². The number of amidine groups is 1. The minimum atomic E-state index is -5.71. The van der Waals surface area contributed by atoms with Crippen molar-refractivity contribution in [1.82, 2.24) is 0 Å². The average molecular weight is 395 g/mol. The van der Waals surface area contributed by atoms with E-state index in [0.29, 0.717) is 22.5 Å². The van der Waals surface area contributed by atoms with Gasteiger partial charge in [0.15, 0.2) is 5.84 Å². The molecule has 2 aromatic rings. The zero-order valence-corrected chi connectivity index (χ0v) is 15.3. The van der Waals surface area contributed by atoms with Crippen LogP contribution in [-0.2, 0) is 10.0 Å². The van der Waals surface area contributed by atoms with Crippen LogP contribution in [-0.4, -0.2) is 38.6 Å². The molecule has 0 amide bonds. The van der Waals surface area contributed by atoms with Crippen LogP contribution in [0.25, 0.3) is 0 Å². The van der Waals surface area contributed by atoms with E-state index >= 15 is 0 Å². The third kappa shape index (κ3) is 3.59. The summed E-state index contributed by atoms with van der Waals surface area (Å²) in [6.45, 7) is 1.55. The normalized spacial score (nSPS) is 19.4. The standard InChI is InChI=1S/C18H16F3N3O2S/c1-12-17(23-27(25,26)18(19,20)21)22-16(13-8-4-3-5-9-13)14-10-6-7-11-15(14)24(12)2/h3-12H,1-2H3/b23-17+. The first-order valence-corrected chi connectivity index (χ1v) is 9.43. The van der Waals surface area contributed by atoms with Gasteiger partial charge in [0, 0.05) is 23.9 Å². The van der Waals surface area contributed by atoms with Crippen molar-refractivity contribution in [2.75, 3.05) is 11.9 Å². The fourth-order valence-electron chi connectivity index (χ4n) is 2.72. The van der Waals surface area contributed by atoms with Crippen molar-refractivity contribution < 1.29 is 21.6 Å². The number of halogens is 3. The first-order chi connectivity index (χ1) is 12.6. The minimum absolute atomic E-state index is 0.360. The van der Waals surface area contributed by atoms with Gasteiger partial charge in [0.1, 0.15) is 0 Å². The maximum absolute atomic E-state index is 12.8. The Morgan fingerprint density at radius 3 is 2.26 bits per heavy atom. The predicted octanol–water partition coefficient (Wildman–Crippen LogP) is 3.61. The molecular formula is C18H16F3N3O2S. The molecule has 0 aromatic heterocycles. The molecule has 0 aliphatic carbocycles. The van der Waals surface area contributed by atoms with Gasteiger partial charge in [-0.2, -0.15) is 21.6 Å². The fourth-order valence-corrected chi connectivity index (χ4v) is 3.26. The SMILES string of the molecule is CC1/C(=N\S(=O)(=O)C(F)(F)F)N=C(c2ccccc2)c2ccccc2N1C. The van der Waals surface area contributed by atoms with Crippen molar-refractivity contribution in [3.05, 3.63) is 65.7 Å². The molecule has 1 unspecified atom stereocenters. The van der Waals surface area contributed by atoms with Gasteiger partial charge in [-0.1, -0.05) is 48.5 Å². The van der Waals surface area contributed by atoms with E-state index in [1.807, 2.05) is 0 Å². The van der Waals surface area contributed by atoms with Crippen LogP contribution in [0.2, 0.25) is 0 Å². The largest absolute Gasteiger partial charge is 0.518 e. The third-order valence-corrected chi connectivity index (χ3v) is 5.29. The summed E-state index contributed by atoms with van der Waals surface area (Å²) in [5.41, 5.74) is -3.10. The quantitative estimate of drug-likeness (QED) is 0.781. The number of alkyl halides is 3. The molecule has 0 radical (unpaired) electrons. The van der Waals surface area contributed by atoms with Gasteiger partial charge in [0.2, 0.25) is 0 Å². The van der Waals surface area contributed by atoms with Crippen molar-refractivity contribution >= 4 is 27.3 Å². The molecule has 3 rings (SSSR count). The molecule has 2 aromatic carbocycles. The second-order valence-electron chi connectivity index (χ2n) is 6.00. The molecular weight excluding hydrogens is 379 g/mol. The molecule has 0 fully saturated rings. The monoisotopic (exact) mass is 395 g/mol. The topological polar surface area (TPSA) is 62.1 Å². The smallest absolute Gasteiger partial charge is 0.364 e. The van der Waals surface area contributed by atoms with Crippen molar-refractivity contribution in [1.29, 1.82) is 0 Å². The van der Waals surface area contributed by atoms with Gasteiger partial charge >= 0.3 is 15.5 Å². The van der Waals surface area contributed by atoms with Gasteiger partial charge in [-0.3, -0.25) is 0 Å². The van der Waals surface area contributed by atoms with Crippen LogP contribution in [0.4, 0.5) is 18.9 Å². The molecule has 0 saturated carbocycles.